The van der Waals surface area contributed by atoms with Gasteiger partial charge in [-0.25, -0.2) is 9.97 Å². The highest BCUT2D eigenvalue weighted by Gasteiger charge is 2.19. The molecule has 2 aliphatic heterocycles. The van der Waals surface area contributed by atoms with Crippen molar-refractivity contribution in [1.29, 1.82) is 0 Å². The minimum atomic E-state index is -0.210. The molecule has 0 radical (unpaired) electrons. The molecule has 2 saturated heterocycles. The lowest BCUT2D eigenvalue weighted by molar-refractivity contribution is 0.0834. The zero-order valence-electron chi connectivity index (χ0n) is 16.6. The molecule has 2 aromatic heterocycles. The van der Waals surface area contributed by atoms with Crippen LogP contribution < -0.4 is 10.2 Å². The van der Waals surface area contributed by atoms with Crippen LogP contribution in [-0.4, -0.2) is 61.4 Å². The van der Waals surface area contributed by atoms with Crippen LogP contribution in [0.4, 0.5) is 5.82 Å². The highest BCUT2D eigenvalue weighted by Crippen LogP contribution is 2.24. The molecule has 2 aliphatic rings. The third-order valence-electron chi connectivity index (χ3n) is 4.90. The zero-order valence-corrected chi connectivity index (χ0v) is 17.4. The van der Waals surface area contributed by atoms with Gasteiger partial charge in [-0.05, 0) is 31.9 Å². The Balaban J connectivity index is 1.32. The molecule has 4 rings (SSSR count). The van der Waals surface area contributed by atoms with E-state index >= 15 is 0 Å². The molecule has 2 aromatic rings. The Morgan fingerprint density at radius 2 is 2.14 bits per heavy atom. The lowest BCUT2D eigenvalue weighted by Crippen LogP contribution is -2.36. The Kier molecular flexibility index (Phi) is 6.68. The number of nitrogens with one attached hydrogen (secondary N) is 1. The summed E-state index contributed by atoms with van der Waals surface area (Å²) in [6.45, 7) is 6.37. The van der Waals surface area contributed by atoms with Crippen molar-refractivity contribution in [3.8, 4) is 0 Å². The standard InChI is InChI=1S/C20H26N4O4S/c1-14-11-18(24-6-9-26-10-7-24)23-20(22-14)29-13-16-4-5-17(28-16)19(25)21-12-15-3-2-8-27-15/h4-5,11,15H,2-3,6-10,12-13H2,1H3,(H,21,25)/t15-/m1/s1. The number of ether oxygens (including phenoxy) is 2. The quantitative estimate of drug-likeness (QED) is 0.542. The summed E-state index contributed by atoms with van der Waals surface area (Å²) >= 11 is 1.50. The zero-order chi connectivity index (χ0) is 20.1. The SMILES string of the molecule is Cc1cc(N2CCOCC2)nc(SCc2ccc(C(=O)NC[C@H]3CCCO3)o2)n1. The highest BCUT2D eigenvalue weighted by atomic mass is 32.2. The van der Waals surface area contributed by atoms with Gasteiger partial charge < -0.3 is 24.1 Å². The second-order valence-corrected chi connectivity index (χ2v) is 8.09. The lowest BCUT2D eigenvalue weighted by atomic mass is 10.2. The molecular weight excluding hydrogens is 392 g/mol. The Hall–Kier alpha value is -2.10. The smallest absolute Gasteiger partial charge is 0.287 e. The van der Waals surface area contributed by atoms with Gasteiger partial charge in [0.2, 0.25) is 0 Å². The van der Waals surface area contributed by atoms with Gasteiger partial charge in [0.05, 0.1) is 25.1 Å². The van der Waals surface area contributed by atoms with Gasteiger partial charge in [0.15, 0.2) is 10.9 Å². The second-order valence-electron chi connectivity index (χ2n) is 7.15. The van der Waals surface area contributed by atoms with Gasteiger partial charge >= 0.3 is 0 Å². The number of rotatable bonds is 7. The molecule has 0 bridgehead atoms. The first kappa shape index (κ1) is 20.2. The maximum atomic E-state index is 12.2. The van der Waals surface area contributed by atoms with Crippen LogP contribution >= 0.6 is 11.8 Å². The van der Waals surface area contributed by atoms with Crippen LogP contribution in [0.25, 0.3) is 0 Å². The summed E-state index contributed by atoms with van der Waals surface area (Å²) in [5.74, 6) is 2.31. The van der Waals surface area contributed by atoms with Gasteiger partial charge in [0.25, 0.3) is 5.91 Å². The maximum absolute atomic E-state index is 12.2. The van der Waals surface area contributed by atoms with E-state index in [9.17, 15) is 4.79 Å². The fourth-order valence-corrected chi connectivity index (χ4v) is 4.15. The van der Waals surface area contributed by atoms with Crippen molar-refractivity contribution in [2.24, 2.45) is 0 Å². The van der Waals surface area contributed by atoms with E-state index in [0.29, 0.717) is 23.2 Å². The molecule has 29 heavy (non-hydrogen) atoms. The number of anilines is 1. The Morgan fingerprint density at radius 1 is 1.28 bits per heavy atom. The first-order valence-corrected chi connectivity index (χ1v) is 11.0. The number of aromatic nitrogens is 2. The van der Waals surface area contributed by atoms with E-state index in [1.165, 1.54) is 11.8 Å². The molecule has 9 heteroatoms. The number of morpholine rings is 1. The Bertz CT molecular complexity index is 832. The number of hydrogen-bond donors (Lipinski definition) is 1. The van der Waals surface area contributed by atoms with Crippen molar-refractivity contribution in [2.45, 2.75) is 36.8 Å². The predicted octanol–water partition coefficient (Wildman–Crippen LogP) is 2.42. The lowest BCUT2D eigenvalue weighted by Gasteiger charge is -2.28. The van der Waals surface area contributed by atoms with Crippen LogP contribution in [0.5, 0.6) is 0 Å². The number of furan rings is 1. The van der Waals surface area contributed by atoms with Gasteiger partial charge in [-0.3, -0.25) is 4.79 Å². The summed E-state index contributed by atoms with van der Waals surface area (Å²) in [7, 11) is 0. The van der Waals surface area contributed by atoms with E-state index in [1.54, 1.807) is 6.07 Å². The molecule has 8 nitrogen and oxygen atoms in total. The van der Waals surface area contributed by atoms with Gasteiger partial charge in [-0.15, -0.1) is 0 Å². The summed E-state index contributed by atoms with van der Waals surface area (Å²) in [6.07, 6.45) is 2.16. The van der Waals surface area contributed by atoms with Crippen molar-refractivity contribution >= 4 is 23.5 Å². The van der Waals surface area contributed by atoms with E-state index in [0.717, 1.165) is 63.0 Å². The first-order valence-electron chi connectivity index (χ1n) is 9.97. The number of carbonyl (C=O) groups is 1. The number of carbonyl (C=O) groups excluding carboxylic acids is 1. The molecule has 1 atom stereocenters. The topological polar surface area (TPSA) is 89.7 Å². The largest absolute Gasteiger partial charge is 0.455 e. The number of hydrogen-bond acceptors (Lipinski definition) is 8. The molecule has 156 valence electrons. The fourth-order valence-electron chi connectivity index (χ4n) is 3.36. The van der Waals surface area contributed by atoms with Crippen LogP contribution in [-0.2, 0) is 15.2 Å². The molecule has 0 saturated carbocycles. The van der Waals surface area contributed by atoms with E-state index in [-0.39, 0.29) is 12.0 Å². The summed E-state index contributed by atoms with van der Waals surface area (Å²) in [5, 5.41) is 3.58. The highest BCUT2D eigenvalue weighted by molar-refractivity contribution is 7.98. The van der Waals surface area contributed by atoms with Gasteiger partial charge in [0.1, 0.15) is 11.6 Å². The van der Waals surface area contributed by atoms with Gasteiger partial charge in [-0.2, -0.15) is 0 Å². The van der Waals surface area contributed by atoms with E-state index < -0.39 is 0 Å². The second kappa shape index (κ2) is 9.60. The predicted molar refractivity (Wildman–Crippen MR) is 109 cm³/mol. The minimum absolute atomic E-state index is 0.114. The number of amides is 1. The third-order valence-corrected chi connectivity index (χ3v) is 5.77. The molecule has 1 amide bonds. The Morgan fingerprint density at radius 3 is 2.93 bits per heavy atom. The first-order chi connectivity index (χ1) is 14.2. The van der Waals surface area contributed by atoms with E-state index in [4.69, 9.17) is 13.9 Å². The average molecular weight is 419 g/mol. The minimum Gasteiger partial charge on any atom is -0.455 e. The molecule has 4 heterocycles. The fraction of sp³-hybridized carbons (Fsp3) is 0.550. The third kappa shape index (κ3) is 5.49. The summed E-state index contributed by atoms with van der Waals surface area (Å²) in [4.78, 5) is 23.7. The van der Waals surface area contributed by atoms with Crippen molar-refractivity contribution in [3.05, 3.63) is 35.4 Å². The van der Waals surface area contributed by atoms with E-state index in [1.807, 2.05) is 19.1 Å². The van der Waals surface area contributed by atoms with Crippen molar-refractivity contribution in [1.82, 2.24) is 15.3 Å². The molecule has 0 spiro atoms. The van der Waals surface area contributed by atoms with Gasteiger partial charge in [-0.1, -0.05) is 11.8 Å². The Labute approximate surface area is 174 Å². The average Bonchev–Trinajstić information content (AvgIpc) is 3.43. The monoisotopic (exact) mass is 418 g/mol. The molecule has 0 unspecified atom stereocenters. The molecular formula is C20H26N4O4S. The summed E-state index contributed by atoms with van der Waals surface area (Å²) in [5.41, 5.74) is 0.928. The summed E-state index contributed by atoms with van der Waals surface area (Å²) in [6, 6.07) is 5.53. The van der Waals surface area contributed by atoms with Crippen LogP contribution in [0.1, 0.15) is 34.9 Å². The van der Waals surface area contributed by atoms with Crippen molar-refractivity contribution < 1.29 is 18.7 Å². The molecule has 1 N–H and O–H groups in total. The van der Waals surface area contributed by atoms with Crippen molar-refractivity contribution in [2.75, 3.05) is 44.4 Å². The molecule has 0 aliphatic carbocycles. The number of thioether (sulfide) groups is 1. The number of nitrogens with zero attached hydrogens (tertiary/aromatic N) is 3. The van der Waals surface area contributed by atoms with Crippen molar-refractivity contribution in [3.63, 3.8) is 0 Å². The van der Waals surface area contributed by atoms with E-state index in [2.05, 4.69) is 20.2 Å². The number of aryl methyl sites for hydroxylation is 1. The van der Waals surface area contributed by atoms with Crippen LogP contribution in [0.3, 0.4) is 0 Å². The summed E-state index contributed by atoms with van der Waals surface area (Å²) < 4.78 is 16.6. The van der Waals surface area contributed by atoms with Crippen LogP contribution in [0.2, 0.25) is 0 Å². The van der Waals surface area contributed by atoms with Crippen LogP contribution in [0, 0.1) is 6.92 Å². The van der Waals surface area contributed by atoms with Crippen LogP contribution in [0.15, 0.2) is 27.8 Å². The molecule has 2 fully saturated rings. The maximum Gasteiger partial charge on any atom is 0.287 e. The molecule has 0 aromatic carbocycles. The van der Waals surface area contributed by atoms with Gasteiger partial charge in [0, 0.05) is 38.0 Å². The normalized spacial score (nSPS) is 19.5.